The Morgan fingerprint density at radius 3 is 2.53 bits per heavy atom. The highest BCUT2D eigenvalue weighted by Gasteiger charge is 2.38. The molecule has 0 N–H and O–H groups in total. The van der Waals surface area contributed by atoms with E-state index in [0.29, 0.717) is 17.1 Å². The van der Waals surface area contributed by atoms with E-state index in [1.54, 1.807) is 6.33 Å². The van der Waals surface area contributed by atoms with Crippen molar-refractivity contribution in [3.05, 3.63) is 88.2 Å². The van der Waals surface area contributed by atoms with Gasteiger partial charge in [0.2, 0.25) is 0 Å². The zero-order valence-corrected chi connectivity index (χ0v) is 17.0. The molecule has 1 amide bonds. The van der Waals surface area contributed by atoms with Crippen LogP contribution in [0, 0.1) is 5.82 Å². The summed E-state index contributed by atoms with van der Waals surface area (Å²) in [6.07, 6.45) is 1.96. The SMILES string of the molecule is COC(=O)[C@@H]1Cc2ncn(Cc3ccc(Cl)cc3)c2CN1C(=O)c1ccc(F)cc1. The molecule has 2 heterocycles. The van der Waals surface area contributed by atoms with Gasteiger partial charge >= 0.3 is 5.97 Å². The number of benzene rings is 2. The third kappa shape index (κ3) is 3.93. The quantitative estimate of drug-likeness (QED) is 0.598. The lowest BCUT2D eigenvalue weighted by molar-refractivity contribution is -0.146. The molecule has 0 saturated carbocycles. The molecular formula is C22H19ClFN3O3. The van der Waals surface area contributed by atoms with Gasteiger partial charge in [0.1, 0.15) is 11.9 Å². The molecule has 0 bridgehead atoms. The number of hydrogen-bond donors (Lipinski definition) is 0. The molecule has 0 fully saturated rings. The van der Waals surface area contributed by atoms with E-state index in [1.165, 1.54) is 36.3 Å². The van der Waals surface area contributed by atoms with Crippen molar-refractivity contribution in [1.29, 1.82) is 0 Å². The highest BCUT2D eigenvalue weighted by atomic mass is 35.5. The van der Waals surface area contributed by atoms with Gasteiger partial charge in [0.05, 0.1) is 31.4 Å². The molecule has 0 spiro atoms. The first-order valence-corrected chi connectivity index (χ1v) is 9.75. The first kappa shape index (κ1) is 20.1. The Balaban J connectivity index is 1.65. The van der Waals surface area contributed by atoms with Crippen LogP contribution in [-0.4, -0.2) is 39.5 Å². The summed E-state index contributed by atoms with van der Waals surface area (Å²) >= 11 is 5.96. The van der Waals surface area contributed by atoms with Gasteiger partial charge in [0.15, 0.2) is 0 Å². The zero-order chi connectivity index (χ0) is 21.3. The molecule has 1 aliphatic heterocycles. The number of imidazole rings is 1. The van der Waals surface area contributed by atoms with Crippen LogP contribution in [0.5, 0.6) is 0 Å². The van der Waals surface area contributed by atoms with E-state index < -0.39 is 17.8 Å². The average molecular weight is 428 g/mol. The second kappa shape index (κ2) is 8.28. The summed E-state index contributed by atoms with van der Waals surface area (Å²) in [5.41, 5.74) is 2.94. The Kier molecular flexibility index (Phi) is 5.55. The largest absolute Gasteiger partial charge is 0.467 e. The van der Waals surface area contributed by atoms with Crippen molar-refractivity contribution in [2.45, 2.75) is 25.6 Å². The van der Waals surface area contributed by atoms with Gasteiger partial charge in [-0.3, -0.25) is 4.79 Å². The van der Waals surface area contributed by atoms with Crippen LogP contribution < -0.4 is 0 Å². The molecular weight excluding hydrogens is 409 g/mol. The van der Waals surface area contributed by atoms with Gasteiger partial charge in [-0.15, -0.1) is 0 Å². The first-order chi connectivity index (χ1) is 14.5. The van der Waals surface area contributed by atoms with E-state index in [1.807, 2.05) is 28.8 Å². The number of aromatic nitrogens is 2. The number of nitrogens with zero attached hydrogens (tertiary/aromatic N) is 3. The molecule has 30 heavy (non-hydrogen) atoms. The maximum atomic E-state index is 13.3. The lowest BCUT2D eigenvalue weighted by Crippen LogP contribution is -2.49. The number of esters is 1. The predicted molar refractivity (Wildman–Crippen MR) is 109 cm³/mol. The summed E-state index contributed by atoms with van der Waals surface area (Å²) in [6, 6.07) is 12.0. The summed E-state index contributed by atoms with van der Waals surface area (Å²) < 4.78 is 20.1. The van der Waals surface area contributed by atoms with Crippen LogP contribution in [0.4, 0.5) is 4.39 Å². The van der Waals surface area contributed by atoms with E-state index in [9.17, 15) is 14.0 Å². The second-order valence-electron chi connectivity index (χ2n) is 7.08. The number of halogens is 2. The van der Waals surface area contributed by atoms with Gasteiger partial charge in [0, 0.05) is 23.6 Å². The summed E-state index contributed by atoms with van der Waals surface area (Å²) in [5.74, 6) is -1.31. The molecule has 1 aliphatic rings. The van der Waals surface area contributed by atoms with Crippen molar-refractivity contribution >= 4 is 23.5 Å². The number of methoxy groups -OCH3 is 1. The van der Waals surface area contributed by atoms with E-state index in [2.05, 4.69) is 4.98 Å². The van der Waals surface area contributed by atoms with Crippen LogP contribution in [0.2, 0.25) is 5.02 Å². The number of fused-ring (bicyclic) bond motifs is 1. The van der Waals surface area contributed by atoms with Crippen LogP contribution in [0.3, 0.4) is 0 Å². The van der Waals surface area contributed by atoms with Crippen LogP contribution in [0.25, 0.3) is 0 Å². The maximum absolute atomic E-state index is 13.3. The number of carbonyl (C=O) groups excluding carboxylic acids is 2. The zero-order valence-electron chi connectivity index (χ0n) is 16.2. The van der Waals surface area contributed by atoms with Gasteiger partial charge in [-0.25, -0.2) is 14.2 Å². The molecule has 2 aromatic carbocycles. The Morgan fingerprint density at radius 1 is 1.17 bits per heavy atom. The van der Waals surface area contributed by atoms with Crippen molar-refractivity contribution in [2.75, 3.05) is 7.11 Å². The van der Waals surface area contributed by atoms with Crippen LogP contribution in [0.1, 0.15) is 27.3 Å². The predicted octanol–water partition coefficient (Wildman–Crippen LogP) is 3.46. The monoisotopic (exact) mass is 427 g/mol. The highest BCUT2D eigenvalue weighted by molar-refractivity contribution is 6.30. The van der Waals surface area contributed by atoms with Crippen molar-refractivity contribution in [3.63, 3.8) is 0 Å². The number of hydrogen-bond acceptors (Lipinski definition) is 4. The maximum Gasteiger partial charge on any atom is 0.329 e. The summed E-state index contributed by atoms with van der Waals surface area (Å²) in [6.45, 7) is 0.750. The Bertz CT molecular complexity index is 1080. The third-order valence-corrected chi connectivity index (χ3v) is 5.46. The number of rotatable bonds is 4. The third-order valence-electron chi connectivity index (χ3n) is 5.21. The van der Waals surface area contributed by atoms with Crippen LogP contribution in [0.15, 0.2) is 54.9 Å². The molecule has 0 unspecified atom stereocenters. The Hall–Kier alpha value is -3.19. The standard InChI is InChI=1S/C22H19ClFN3O3/c1-30-22(29)19-10-18-20(12-27(19)21(28)15-4-8-17(24)9-5-15)26(13-25-18)11-14-2-6-16(23)7-3-14/h2-9,13,19H,10-12H2,1H3/t19-/m0/s1. The highest BCUT2D eigenvalue weighted by Crippen LogP contribution is 2.26. The molecule has 0 aliphatic carbocycles. The van der Waals surface area contributed by atoms with E-state index >= 15 is 0 Å². The second-order valence-corrected chi connectivity index (χ2v) is 7.51. The lowest BCUT2D eigenvalue weighted by Gasteiger charge is -2.34. The van der Waals surface area contributed by atoms with Crippen molar-refractivity contribution in [2.24, 2.45) is 0 Å². The number of amides is 1. The lowest BCUT2D eigenvalue weighted by atomic mass is 10.0. The van der Waals surface area contributed by atoms with Gasteiger partial charge in [-0.05, 0) is 42.0 Å². The molecule has 4 rings (SSSR count). The topological polar surface area (TPSA) is 64.4 Å². The summed E-state index contributed by atoms with van der Waals surface area (Å²) in [5, 5.41) is 0.656. The minimum Gasteiger partial charge on any atom is -0.467 e. The number of carbonyl (C=O) groups is 2. The van der Waals surface area contributed by atoms with Crippen LogP contribution >= 0.6 is 11.6 Å². The fraction of sp³-hybridized carbons (Fsp3) is 0.227. The molecule has 6 nitrogen and oxygen atoms in total. The molecule has 0 saturated heterocycles. The van der Waals surface area contributed by atoms with Crippen LogP contribution in [-0.2, 0) is 29.0 Å². The molecule has 0 radical (unpaired) electrons. The normalized spacial score (nSPS) is 15.6. The van der Waals surface area contributed by atoms with E-state index in [4.69, 9.17) is 16.3 Å². The average Bonchev–Trinajstić information content (AvgIpc) is 3.15. The summed E-state index contributed by atoms with van der Waals surface area (Å²) in [4.78, 5) is 31.4. The minimum absolute atomic E-state index is 0.193. The fourth-order valence-corrected chi connectivity index (χ4v) is 3.73. The Morgan fingerprint density at radius 2 is 1.87 bits per heavy atom. The molecule has 8 heteroatoms. The number of ether oxygens (including phenoxy) is 1. The molecule has 1 aromatic heterocycles. The smallest absolute Gasteiger partial charge is 0.329 e. The van der Waals surface area contributed by atoms with E-state index in [-0.39, 0.29) is 18.9 Å². The van der Waals surface area contributed by atoms with Crippen molar-refractivity contribution < 1.29 is 18.7 Å². The van der Waals surface area contributed by atoms with Crippen molar-refractivity contribution in [1.82, 2.24) is 14.5 Å². The summed E-state index contributed by atoms with van der Waals surface area (Å²) in [7, 11) is 1.29. The molecule has 154 valence electrons. The van der Waals surface area contributed by atoms with Gasteiger partial charge in [-0.2, -0.15) is 0 Å². The van der Waals surface area contributed by atoms with Crippen molar-refractivity contribution in [3.8, 4) is 0 Å². The Labute approximate surface area is 177 Å². The van der Waals surface area contributed by atoms with Gasteiger partial charge in [0.25, 0.3) is 5.91 Å². The molecule has 3 aromatic rings. The minimum atomic E-state index is -0.793. The molecule has 1 atom stereocenters. The van der Waals surface area contributed by atoms with E-state index in [0.717, 1.165) is 17.0 Å². The first-order valence-electron chi connectivity index (χ1n) is 9.38. The fourth-order valence-electron chi connectivity index (χ4n) is 3.61. The van der Waals surface area contributed by atoms with Gasteiger partial charge < -0.3 is 14.2 Å². The van der Waals surface area contributed by atoms with Gasteiger partial charge in [-0.1, -0.05) is 23.7 Å².